The Morgan fingerprint density at radius 3 is 2.47 bits per heavy atom. The first-order valence-corrected chi connectivity index (χ1v) is 12.2. The molecule has 0 bridgehead atoms. The quantitative estimate of drug-likeness (QED) is 0.488. The maximum Gasteiger partial charge on any atom is 0.246 e. The minimum absolute atomic E-state index is 0.115. The molecule has 0 radical (unpaired) electrons. The van der Waals surface area contributed by atoms with Crippen molar-refractivity contribution in [2.45, 2.75) is 50.2 Å². The lowest BCUT2D eigenvalue weighted by Gasteiger charge is -2.29. The maximum absolute atomic E-state index is 15.0. The van der Waals surface area contributed by atoms with Gasteiger partial charge >= 0.3 is 0 Å². The Hall–Kier alpha value is -3.23. The van der Waals surface area contributed by atoms with Crippen molar-refractivity contribution in [2.75, 3.05) is 13.7 Å². The molecule has 3 aromatic rings. The number of Topliss-reactive ketones (excluding diaryl/α,β-unsaturated/α-hetero) is 1. The predicted octanol–water partition coefficient (Wildman–Crippen LogP) is 3.87. The van der Waals surface area contributed by atoms with Gasteiger partial charge in [-0.05, 0) is 43.5 Å². The number of methoxy groups -OCH3 is 1. The third kappa shape index (κ3) is 4.29. The summed E-state index contributed by atoms with van der Waals surface area (Å²) in [6.07, 6.45) is 0.525. The largest absolute Gasteiger partial charge is 0.376 e. The van der Waals surface area contributed by atoms with E-state index in [0.29, 0.717) is 10.6 Å². The number of benzene rings is 2. The number of ketones is 1. The first-order valence-electron chi connectivity index (χ1n) is 11.9. The lowest BCUT2D eigenvalue weighted by Crippen LogP contribution is -2.53. The number of hydrogen-bond acceptors (Lipinski definition) is 4. The zero-order valence-corrected chi connectivity index (χ0v) is 20.8. The van der Waals surface area contributed by atoms with Crippen LogP contribution in [-0.2, 0) is 26.4 Å². The van der Waals surface area contributed by atoms with E-state index in [2.05, 4.69) is 5.32 Å². The SMILES string of the molecule is CO[C@H]1[C@@H](C(=O)NC2(c3ccc(Cl)cc3)CC2)N(C(=O)Cn2cc(C(C)=O)c3ccccc32)C[C@@H]1F. The zero-order chi connectivity index (χ0) is 25.6. The number of para-hydroxylation sites is 1. The van der Waals surface area contributed by atoms with Crippen LogP contribution >= 0.6 is 11.6 Å². The average Bonchev–Trinajstić information content (AvgIpc) is 3.41. The first-order chi connectivity index (χ1) is 17.2. The van der Waals surface area contributed by atoms with Gasteiger partial charge in [-0.25, -0.2) is 4.39 Å². The summed E-state index contributed by atoms with van der Waals surface area (Å²) in [7, 11) is 1.34. The van der Waals surface area contributed by atoms with Crippen LogP contribution in [0.5, 0.6) is 0 Å². The number of carbonyl (C=O) groups is 3. The Bertz CT molecular complexity index is 1330. The van der Waals surface area contributed by atoms with Gasteiger partial charge in [-0.2, -0.15) is 0 Å². The number of alkyl halides is 1. The summed E-state index contributed by atoms with van der Waals surface area (Å²) < 4.78 is 22.0. The van der Waals surface area contributed by atoms with Gasteiger partial charge in [-0.15, -0.1) is 0 Å². The Kier molecular flexibility index (Phi) is 6.34. The molecule has 0 spiro atoms. The van der Waals surface area contributed by atoms with Crippen LogP contribution < -0.4 is 5.32 Å². The Balaban J connectivity index is 1.40. The van der Waals surface area contributed by atoms with Crippen LogP contribution in [0.1, 0.15) is 35.7 Å². The van der Waals surface area contributed by atoms with E-state index in [4.69, 9.17) is 16.3 Å². The van der Waals surface area contributed by atoms with Gasteiger partial charge in [0.2, 0.25) is 11.8 Å². The van der Waals surface area contributed by atoms with E-state index >= 15 is 0 Å². The Morgan fingerprint density at radius 1 is 1.14 bits per heavy atom. The van der Waals surface area contributed by atoms with Crippen LogP contribution in [0.25, 0.3) is 10.9 Å². The van der Waals surface area contributed by atoms with E-state index in [1.165, 1.54) is 18.9 Å². The van der Waals surface area contributed by atoms with Gasteiger partial charge in [0, 0.05) is 34.8 Å². The summed E-state index contributed by atoms with van der Waals surface area (Å²) in [5.41, 5.74) is 1.58. The molecular formula is C27H27ClFN3O4. The highest BCUT2D eigenvalue weighted by Crippen LogP contribution is 2.46. The molecule has 2 aliphatic rings. The number of amides is 2. The van der Waals surface area contributed by atoms with E-state index < -0.39 is 35.7 Å². The molecule has 188 valence electrons. The number of aromatic nitrogens is 1. The molecular weight excluding hydrogens is 485 g/mol. The number of fused-ring (bicyclic) bond motifs is 1. The molecule has 7 nitrogen and oxygen atoms in total. The second kappa shape index (κ2) is 9.33. The van der Waals surface area contributed by atoms with Gasteiger partial charge in [0.15, 0.2) is 5.78 Å². The summed E-state index contributed by atoms with van der Waals surface area (Å²) in [6.45, 7) is 1.09. The Morgan fingerprint density at radius 2 is 1.83 bits per heavy atom. The maximum atomic E-state index is 15.0. The number of carbonyl (C=O) groups excluding carboxylic acids is 3. The molecule has 0 unspecified atom stereocenters. The van der Waals surface area contributed by atoms with Crippen molar-refractivity contribution in [1.82, 2.24) is 14.8 Å². The van der Waals surface area contributed by atoms with Gasteiger partial charge in [0.25, 0.3) is 0 Å². The van der Waals surface area contributed by atoms with Gasteiger partial charge in [0.1, 0.15) is 24.9 Å². The third-order valence-corrected chi connectivity index (χ3v) is 7.47. The number of ether oxygens (including phenoxy) is 1. The van der Waals surface area contributed by atoms with Crippen molar-refractivity contribution in [2.24, 2.45) is 0 Å². The van der Waals surface area contributed by atoms with E-state index in [1.54, 1.807) is 22.9 Å². The molecule has 1 saturated carbocycles. The molecule has 2 fully saturated rings. The molecule has 5 rings (SSSR count). The number of hydrogen-bond donors (Lipinski definition) is 1. The van der Waals surface area contributed by atoms with Gasteiger partial charge in [-0.3, -0.25) is 14.4 Å². The number of halogens is 2. The van der Waals surface area contributed by atoms with Crippen LogP contribution in [0.4, 0.5) is 4.39 Å². The van der Waals surface area contributed by atoms with E-state index in [1.807, 2.05) is 36.4 Å². The lowest BCUT2D eigenvalue weighted by atomic mass is 10.0. The van der Waals surface area contributed by atoms with Crippen LogP contribution in [0.3, 0.4) is 0 Å². The lowest BCUT2D eigenvalue weighted by molar-refractivity contribution is -0.142. The molecule has 9 heteroatoms. The first kappa shape index (κ1) is 24.5. The molecule has 2 aromatic carbocycles. The monoisotopic (exact) mass is 511 g/mol. The molecule has 3 atom stereocenters. The van der Waals surface area contributed by atoms with Crippen LogP contribution in [-0.4, -0.2) is 59.0 Å². The summed E-state index contributed by atoms with van der Waals surface area (Å²) in [6, 6.07) is 13.4. The van der Waals surface area contributed by atoms with Crippen molar-refractivity contribution >= 4 is 40.1 Å². The summed E-state index contributed by atoms with van der Waals surface area (Å²) >= 11 is 6.01. The van der Waals surface area contributed by atoms with Gasteiger partial charge in [-0.1, -0.05) is 41.9 Å². The smallest absolute Gasteiger partial charge is 0.246 e. The third-order valence-electron chi connectivity index (χ3n) is 7.22. The summed E-state index contributed by atoms with van der Waals surface area (Å²) in [4.78, 5) is 40.3. The van der Waals surface area contributed by atoms with Gasteiger partial charge < -0.3 is 19.5 Å². The molecule has 2 heterocycles. The highest BCUT2D eigenvalue weighted by Gasteiger charge is 2.53. The van der Waals surface area contributed by atoms with E-state index in [-0.39, 0.29) is 18.9 Å². The van der Waals surface area contributed by atoms with Crippen LogP contribution in [0.15, 0.2) is 54.7 Å². The second-order valence-electron chi connectivity index (χ2n) is 9.53. The van der Waals surface area contributed by atoms with Crippen molar-refractivity contribution in [3.05, 3.63) is 70.9 Å². The van der Waals surface area contributed by atoms with Crippen molar-refractivity contribution in [1.29, 1.82) is 0 Å². The molecule has 1 N–H and O–H groups in total. The topological polar surface area (TPSA) is 80.6 Å². The van der Waals surface area contributed by atoms with Crippen LogP contribution in [0, 0.1) is 0 Å². The molecule has 1 aromatic heterocycles. The van der Waals surface area contributed by atoms with Crippen molar-refractivity contribution in [3.8, 4) is 0 Å². The fourth-order valence-corrected chi connectivity index (χ4v) is 5.31. The summed E-state index contributed by atoms with van der Waals surface area (Å²) in [5, 5.41) is 4.39. The highest BCUT2D eigenvalue weighted by atomic mass is 35.5. The highest BCUT2D eigenvalue weighted by molar-refractivity contribution is 6.30. The normalized spacial score (nSPS) is 22.6. The average molecular weight is 512 g/mol. The van der Waals surface area contributed by atoms with Gasteiger partial charge in [0.05, 0.1) is 12.1 Å². The minimum atomic E-state index is -1.51. The van der Waals surface area contributed by atoms with Crippen molar-refractivity contribution in [3.63, 3.8) is 0 Å². The molecule has 1 aliphatic heterocycles. The number of rotatable bonds is 7. The predicted molar refractivity (Wildman–Crippen MR) is 134 cm³/mol. The standard InChI is InChI=1S/C27H27ClFN3O4/c1-16(33)20-13-31(22-6-4-3-5-19(20)22)15-23(34)32-14-21(29)25(36-2)24(32)26(35)30-27(11-12-27)17-7-9-18(28)10-8-17/h3-10,13,21,24-25H,11-12,14-15H2,1-2H3,(H,30,35)/t21-,24-,25+/m0/s1. The van der Waals surface area contributed by atoms with Crippen molar-refractivity contribution < 1.29 is 23.5 Å². The summed E-state index contributed by atoms with van der Waals surface area (Å²) in [5.74, 6) is -0.995. The molecule has 1 aliphatic carbocycles. The number of nitrogens with zero attached hydrogens (tertiary/aromatic N) is 2. The van der Waals surface area contributed by atoms with E-state index in [9.17, 15) is 18.8 Å². The van der Waals surface area contributed by atoms with E-state index in [0.717, 1.165) is 29.3 Å². The second-order valence-corrected chi connectivity index (χ2v) is 9.97. The number of likely N-dealkylation sites (tertiary alicyclic amines) is 1. The Labute approximate surface area is 213 Å². The molecule has 36 heavy (non-hydrogen) atoms. The van der Waals surface area contributed by atoms with Crippen LogP contribution in [0.2, 0.25) is 5.02 Å². The number of nitrogens with one attached hydrogen (secondary N) is 1. The molecule has 2 amide bonds. The minimum Gasteiger partial charge on any atom is -0.376 e. The fourth-order valence-electron chi connectivity index (χ4n) is 5.19. The fraction of sp³-hybridized carbons (Fsp3) is 0.370. The zero-order valence-electron chi connectivity index (χ0n) is 20.0. The molecule has 1 saturated heterocycles.